The van der Waals surface area contributed by atoms with Crippen molar-refractivity contribution in [2.75, 3.05) is 32.6 Å². The molecule has 22 heavy (non-hydrogen) atoms. The van der Waals surface area contributed by atoms with Gasteiger partial charge in [-0.15, -0.1) is 0 Å². The van der Waals surface area contributed by atoms with Gasteiger partial charge >= 0.3 is 0 Å². The van der Waals surface area contributed by atoms with Gasteiger partial charge in [-0.2, -0.15) is 0 Å². The van der Waals surface area contributed by atoms with Crippen molar-refractivity contribution in [2.24, 2.45) is 0 Å². The summed E-state index contributed by atoms with van der Waals surface area (Å²) in [5.41, 5.74) is 1.22. The highest BCUT2D eigenvalue weighted by atomic mass is 16.5. The number of nitrogens with one attached hydrogen (secondary N) is 1. The number of hydrogen-bond acceptors (Lipinski definition) is 8. The van der Waals surface area contributed by atoms with Gasteiger partial charge in [0, 0.05) is 14.1 Å². The molecule has 1 saturated heterocycles. The summed E-state index contributed by atoms with van der Waals surface area (Å²) in [6.07, 6.45) is 1.06. The van der Waals surface area contributed by atoms with Gasteiger partial charge in [-0.3, -0.25) is 4.57 Å². The Kier molecular flexibility index (Phi) is 3.96. The molecule has 0 unspecified atom stereocenters. The Labute approximate surface area is 127 Å². The van der Waals surface area contributed by atoms with E-state index < -0.39 is 18.4 Å². The van der Waals surface area contributed by atoms with Crippen LogP contribution in [0.1, 0.15) is 6.23 Å². The van der Waals surface area contributed by atoms with Gasteiger partial charge in [0.2, 0.25) is 0 Å². The summed E-state index contributed by atoms with van der Waals surface area (Å²) >= 11 is 0. The quantitative estimate of drug-likeness (QED) is 0.642. The van der Waals surface area contributed by atoms with Gasteiger partial charge in [0.25, 0.3) is 0 Å². The van der Waals surface area contributed by atoms with Crippen molar-refractivity contribution in [3.8, 4) is 0 Å². The minimum atomic E-state index is -0.822. The summed E-state index contributed by atoms with van der Waals surface area (Å²) < 4.78 is 7.44. The van der Waals surface area contributed by atoms with Crippen molar-refractivity contribution < 1.29 is 14.9 Å². The molecule has 0 amide bonds. The highest BCUT2D eigenvalue weighted by Crippen LogP contribution is 2.32. The largest absolute Gasteiger partial charge is 0.394 e. The molecule has 9 nitrogen and oxygen atoms in total. The molecular formula is C13H20N6O3. The highest BCUT2D eigenvalue weighted by molar-refractivity contribution is 5.83. The topological polar surface area (TPSA) is 109 Å². The number of nitrogens with zero attached hydrogens (tertiary/aromatic N) is 5. The smallest absolute Gasteiger partial charge is 0.167 e. The van der Waals surface area contributed by atoms with E-state index in [1.807, 2.05) is 19.0 Å². The zero-order valence-electron chi connectivity index (χ0n) is 12.7. The Bertz CT molecular complexity index is 660. The summed E-state index contributed by atoms with van der Waals surface area (Å²) in [5.74, 6) is 0.695. The zero-order valence-corrected chi connectivity index (χ0v) is 12.7. The van der Waals surface area contributed by atoms with Gasteiger partial charge in [0.05, 0.1) is 19.0 Å². The van der Waals surface area contributed by atoms with Gasteiger partial charge in [-0.1, -0.05) is 0 Å². The Balaban J connectivity index is 2.03. The average molecular weight is 308 g/mol. The van der Waals surface area contributed by atoms with E-state index in [0.717, 1.165) is 0 Å². The molecule has 3 heterocycles. The van der Waals surface area contributed by atoms with Crippen LogP contribution in [0.2, 0.25) is 0 Å². The van der Waals surface area contributed by atoms with E-state index in [0.29, 0.717) is 17.0 Å². The van der Waals surface area contributed by atoms with E-state index in [-0.39, 0.29) is 12.6 Å². The number of imidazole rings is 1. The molecule has 9 heteroatoms. The molecule has 0 radical (unpaired) electrons. The minimum Gasteiger partial charge on any atom is -0.394 e. The first-order chi connectivity index (χ1) is 10.6. The van der Waals surface area contributed by atoms with Crippen molar-refractivity contribution in [1.29, 1.82) is 0 Å². The molecule has 1 fully saturated rings. The Hall–Kier alpha value is -1.81. The molecule has 0 aliphatic carbocycles. The van der Waals surface area contributed by atoms with Crippen LogP contribution in [0.4, 0.5) is 5.82 Å². The predicted octanol–water partition coefficient (Wildman–Crippen LogP) is -1.27. The van der Waals surface area contributed by atoms with Crippen LogP contribution >= 0.6 is 0 Å². The van der Waals surface area contributed by atoms with Gasteiger partial charge in [0.1, 0.15) is 18.5 Å². The lowest BCUT2D eigenvalue weighted by atomic mass is 10.1. The molecule has 1 aliphatic rings. The van der Waals surface area contributed by atoms with Crippen molar-refractivity contribution in [3.63, 3.8) is 0 Å². The fraction of sp³-hybridized carbons (Fsp3) is 0.615. The van der Waals surface area contributed by atoms with Gasteiger partial charge in [-0.05, 0) is 7.05 Å². The lowest BCUT2D eigenvalue weighted by Crippen LogP contribution is -2.43. The zero-order chi connectivity index (χ0) is 15.9. The summed E-state index contributed by atoms with van der Waals surface area (Å²) in [6, 6.07) is -0.359. The third-order valence-corrected chi connectivity index (χ3v) is 3.93. The molecule has 2 aromatic rings. The van der Waals surface area contributed by atoms with Gasteiger partial charge in [0.15, 0.2) is 23.2 Å². The van der Waals surface area contributed by atoms with Crippen LogP contribution in [0.25, 0.3) is 11.2 Å². The molecular weight excluding hydrogens is 288 g/mol. The van der Waals surface area contributed by atoms with Crippen LogP contribution in [0, 0.1) is 0 Å². The molecule has 2 aromatic heterocycles. The van der Waals surface area contributed by atoms with Crippen LogP contribution in [0.3, 0.4) is 0 Å². The molecule has 3 rings (SSSR count). The van der Waals surface area contributed by atoms with Crippen molar-refractivity contribution >= 4 is 17.0 Å². The first-order valence-electron chi connectivity index (χ1n) is 7.05. The van der Waals surface area contributed by atoms with Gasteiger partial charge in [-0.25, -0.2) is 15.0 Å². The fourth-order valence-electron chi connectivity index (χ4n) is 2.84. The van der Waals surface area contributed by atoms with Crippen molar-refractivity contribution in [3.05, 3.63) is 12.7 Å². The molecule has 0 spiro atoms. The fourth-order valence-corrected chi connectivity index (χ4v) is 2.84. The summed E-state index contributed by atoms with van der Waals surface area (Å²) in [5, 5.41) is 22.8. The summed E-state index contributed by atoms with van der Waals surface area (Å²) in [7, 11) is 5.47. The molecule has 0 bridgehead atoms. The molecule has 0 saturated carbocycles. The minimum absolute atomic E-state index is 0.177. The standard InChI is InChI=1S/C13H20N6O3/c1-14-8-7(4-20)22-13(10(8)21)19-6-17-9-11(18(2)3)15-5-16-12(9)19/h5-8,10,13-14,20-21H,4H2,1-3H3/t7-,8+,10+,13-/m0/s1. The third-order valence-electron chi connectivity index (χ3n) is 3.93. The van der Waals surface area contributed by atoms with E-state index in [9.17, 15) is 10.2 Å². The van der Waals surface area contributed by atoms with E-state index in [1.165, 1.54) is 6.33 Å². The molecule has 1 aliphatic heterocycles. The molecule has 0 aromatic carbocycles. The second-order valence-corrected chi connectivity index (χ2v) is 5.47. The molecule has 120 valence electrons. The Morgan fingerprint density at radius 3 is 2.73 bits per heavy atom. The average Bonchev–Trinajstić information content (AvgIpc) is 3.07. The van der Waals surface area contributed by atoms with Crippen LogP contribution in [-0.4, -0.2) is 75.7 Å². The normalized spacial score (nSPS) is 28.4. The lowest BCUT2D eigenvalue weighted by Gasteiger charge is -2.18. The maximum absolute atomic E-state index is 10.5. The number of ether oxygens (including phenoxy) is 1. The Morgan fingerprint density at radius 1 is 1.36 bits per heavy atom. The lowest BCUT2D eigenvalue weighted by molar-refractivity contribution is -0.0489. The highest BCUT2D eigenvalue weighted by Gasteiger charge is 2.44. The van der Waals surface area contributed by atoms with Crippen molar-refractivity contribution in [2.45, 2.75) is 24.5 Å². The van der Waals surface area contributed by atoms with E-state index in [4.69, 9.17) is 4.74 Å². The maximum Gasteiger partial charge on any atom is 0.167 e. The monoisotopic (exact) mass is 308 g/mol. The van der Waals surface area contributed by atoms with Crippen molar-refractivity contribution in [1.82, 2.24) is 24.8 Å². The second kappa shape index (κ2) is 5.76. The number of aliphatic hydroxyl groups excluding tert-OH is 2. The number of fused-ring (bicyclic) bond motifs is 1. The predicted molar refractivity (Wildman–Crippen MR) is 79.5 cm³/mol. The van der Waals surface area contributed by atoms with E-state index in [1.54, 1.807) is 17.9 Å². The van der Waals surface area contributed by atoms with E-state index >= 15 is 0 Å². The SMILES string of the molecule is CN[C@H]1[C@@H](O)[C@@H](n2cnc3c(N(C)C)ncnc32)O[C@H]1CO. The maximum atomic E-state index is 10.5. The first-order valence-corrected chi connectivity index (χ1v) is 7.05. The number of anilines is 1. The number of hydrogen-bond donors (Lipinski definition) is 3. The number of aliphatic hydroxyl groups is 2. The molecule has 3 N–H and O–H groups in total. The van der Waals surface area contributed by atoms with Crippen LogP contribution in [0.15, 0.2) is 12.7 Å². The summed E-state index contributed by atoms with van der Waals surface area (Å²) in [6.45, 7) is -0.177. The van der Waals surface area contributed by atoms with Crippen LogP contribution in [0.5, 0.6) is 0 Å². The van der Waals surface area contributed by atoms with Crippen LogP contribution < -0.4 is 10.2 Å². The third kappa shape index (κ3) is 2.22. The number of rotatable bonds is 4. The van der Waals surface area contributed by atoms with Crippen LogP contribution in [-0.2, 0) is 4.74 Å². The Morgan fingerprint density at radius 2 is 2.14 bits per heavy atom. The van der Waals surface area contributed by atoms with Gasteiger partial charge < -0.3 is 25.2 Å². The molecule has 4 atom stereocenters. The number of aromatic nitrogens is 4. The second-order valence-electron chi connectivity index (χ2n) is 5.47. The number of likely N-dealkylation sites (N-methyl/N-ethyl adjacent to an activating group) is 1. The summed E-state index contributed by atoms with van der Waals surface area (Å²) in [4.78, 5) is 14.7. The van der Waals surface area contributed by atoms with E-state index in [2.05, 4.69) is 20.3 Å². The first kappa shape index (κ1) is 15.1.